The molecule has 0 unspecified atom stereocenters. The second kappa shape index (κ2) is 7.80. The van der Waals surface area contributed by atoms with Crippen LogP contribution in [0.1, 0.15) is 25.3 Å². The van der Waals surface area contributed by atoms with Gasteiger partial charge in [0.05, 0.1) is 6.33 Å². The summed E-state index contributed by atoms with van der Waals surface area (Å²) in [5.74, 6) is -0.269. The molecule has 0 saturated heterocycles. The van der Waals surface area contributed by atoms with Gasteiger partial charge in [-0.05, 0) is 29.7 Å². The normalized spacial score (nSPS) is 11.2. The number of benzene rings is 2. The van der Waals surface area contributed by atoms with Crippen LogP contribution in [0.15, 0.2) is 71.9 Å². The van der Waals surface area contributed by atoms with E-state index >= 15 is 0 Å². The zero-order valence-corrected chi connectivity index (χ0v) is 15.8. The Morgan fingerprint density at radius 2 is 1.75 bits per heavy atom. The molecule has 0 atom stereocenters. The van der Waals surface area contributed by atoms with E-state index in [2.05, 4.69) is 11.9 Å². The summed E-state index contributed by atoms with van der Waals surface area (Å²) in [5, 5.41) is 0. The van der Waals surface area contributed by atoms with E-state index in [-0.39, 0.29) is 11.4 Å². The van der Waals surface area contributed by atoms with E-state index in [0.717, 1.165) is 29.5 Å². The number of aryl methyl sites for hydroxylation is 1. The van der Waals surface area contributed by atoms with Crippen LogP contribution in [-0.4, -0.2) is 14.1 Å². The molecule has 142 valence electrons. The molecule has 2 heterocycles. The van der Waals surface area contributed by atoms with Crippen molar-refractivity contribution in [1.82, 2.24) is 14.1 Å². The first-order valence-corrected chi connectivity index (χ1v) is 9.55. The smallest absolute Gasteiger partial charge is 0.277 e. The van der Waals surface area contributed by atoms with Crippen LogP contribution in [0.25, 0.3) is 22.2 Å². The lowest BCUT2D eigenvalue weighted by molar-refractivity contribution is 0.605. The predicted octanol–water partition coefficient (Wildman–Crippen LogP) is 4.85. The molecule has 5 heteroatoms. The summed E-state index contributed by atoms with van der Waals surface area (Å²) in [6.07, 6.45) is 5.56. The summed E-state index contributed by atoms with van der Waals surface area (Å²) in [7, 11) is 0. The fourth-order valence-electron chi connectivity index (χ4n) is 3.44. The Bertz CT molecular complexity index is 1140. The molecule has 2 aromatic carbocycles. The largest absolute Gasteiger partial charge is 0.337 e. The third-order valence-corrected chi connectivity index (χ3v) is 4.94. The molecule has 0 saturated carbocycles. The summed E-state index contributed by atoms with van der Waals surface area (Å²) >= 11 is 0. The molecule has 0 radical (unpaired) electrons. The predicted molar refractivity (Wildman–Crippen MR) is 110 cm³/mol. The average Bonchev–Trinajstić information content (AvgIpc) is 3.09. The first-order chi connectivity index (χ1) is 13.7. The molecular formula is C23H22FN3O. The Hall–Kier alpha value is -3.21. The molecule has 4 rings (SSSR count). The third-order valence-electron chi connectivity index (χ3n) is 4.94. The monoisotopic (exact) mass is 375 g/mol. The maximum absolute atomic E-state index is 13.3. The SMILES string of the molecule is CCCCn1cnc2c(-c3ccccc3)cn(Cc3ccc(F)cc3)c2c1=O. The van der Waals surface area contributed by atoms with E-state index in [4.69, 9.17) is 0 Å². The summed E-state index contributed by atoms with van der Waals surface area (Å²) in [6.45, 7) is 3.24. The fourth-order valence-corrected chi connectivity index (χ4v) is 3.44. The van der Waals surface area contributed by atoms with Crippen LogP contribution in [0.2, 0.25) is 0 Å². The van der Waals surface area contributed by atoms with Gasteiger partial charge in [-0.2, -0.15) is 0 Å². The Labute approximate surface area is 162 Å². The van der Waals surface area contributed by atoms with Crippen molar-refractivity contribution in [1.29, 1.82) is 0 Å². The third kappa shape index (κ3) is 3.48. The van der Waals surface area contributed by atoms with Crippen LogP contribution in [-0.2, 0) is 13.1 Å². The summed E-state index contributed by atoms with van der Waals surface area (Å²) < 4.78 is 16.9. The highest BCUT2D eigenvalue weighted by Crippen LogP contribution is 2.28. The van der Waals surface area contributed by atoms with Crippen LogP contribution in [0.4, 0.5) is 4.39 Å². The first kappa shape index (κ1) is 18.2. The van der Waals surface area contributed by atoms with Crippen molar-refractivity contribution in [3.05, 3.63) is 88.9 Å². The topological polar surface area (TPSA) is 39.8 Å². The van der Waals surface area contributed by atoms with Crippen molar-refractivity contribution < 1.29 is 4.39 Å². The van der Waals surface area contributed by atoms with Crippen molar-refractivity contribution >= 4 is 11.0 Å². The quantitative estimate of drug-likeness (QED) is 0.483. The van der Waals surface area contributed by atoms with Gasteiger partial charge in [-0.1, -0.05) is 55.8 Å². The fraction of sp³-hybridized carbons (Fsp3) is 0.217. The minimum atomic E-state index is -0.269. The zero-order valence-electron chi connectivity index (χ0n) is 15.8. The summed E-state index contributed by atoms with van der Waals surface area (Å²) in [5.41, 5.74) is 4.12. The maximum atomic E-state index is 13.3. The van der Waals surface area contributed by atoms with Gasteiger partial charge >= 0.3 is 0 Å². The van der Waals surface area contributed by atoms with E-state index in [0.29, 0.717) is 24.1 Å². The van der Waals surface area contributed by atoms with Crippen molar-refractivity contribution in [2.75, 3.05) is 0 Å². The molecule has 0 spiro atoms. The van der Waals surface area contributed by atoms with E-state index in [1.54, 1.807) is 23.0 Å². The number of unbranched alkanes of at least 4 members (excludes halogenated alkanes) is 1. The summed E-state index contributed by atoms with van der Waals surface area (Å²) in [4.78, 5) is 17.8. The Morgan fingerprint density at radius 3 is 2.46 bits per heavy atom. The lowest BCUT2D eigenvalue weighted by Crippen LogP contribution is -2.22. The minimum Gasteiger partial charge on any atom is -0.337 e. The second-order valence-corrected chi connectivity index (χ2v) is 6.96. The number of nitrogens with zero attached hydrogens (tertiary/aromatic N) is 3. The number of hydrogen-bond acceptors (Lipinski definition) is 2. The van der Waals surface area contributed by atoms with Crippen molar-refractivity contribution in [2.45, 2.75) is 32.9 Å². The van der Waals surface area contributed by atoms with Crippen LogP contribution < -0.4 is 5.56 Å². The van der Waals surface area contributed by atoms with Crippen LogP contribution >= 0.6 is 0 Å². The van der Waals surface area contributed by atoms with Gasteiger partial charge in [-0.15, -0.1) is 0 Å². The van der Waals surface area contributed by atoms with Crippen LogP contribution in [0.5, 0.6) is 0 Å². The van der Waals surface area contributed by atoms with Crippen LogP contribution in [0.3, 0.4) is 0 Å². The Balaban J connectivity index is 1.88. The van der Waals surface area contributed by atoms with Crippen LogP contribution in [0, 0.1) is 5.82 Å². The molecule has 4 aromatic rings. The molecular weight excluding hydrogens is 353 g/mol. The molecule has 0 aliphatic carbocycles. The van der Waals surface area contributed by atoms with Gasteiger partial charge in [0.25, 0.3) is 5.56 Å². The molecule has 0 bridgehead atoms. The van der Waals surface area contributed by atoms with E-state index in [1.807, 2.05) is 41.1 Å². The zero-order chi connectivity index (χ0) is 19.5. The first-order valence-electron chi connectivity index (χ1n) is 9.55. The van der Waals surface area contributed by atoms with Gasteiger partial charge in [0.1, 0.15) is 16.9 Å². The number of halogens is 1. The van der Waals surface area contributed by atoms with E-state index in [1.165, 1.54) is 12.1 Å². The molecule has 0 amide bonds. The molecule has 2 aromatic heterocycles. The highest BCUT2D eigenvalue weighted by atomic mass is 19.1. The van der Waals surface area contributed by atoms with Gasteiger partial charge in [-0.25, -0.2) is 9.37 Å². The highest BCUT2D eigenvalue weighted by Gasteiger charge is 2.16. The molecule has 0 N–H and O–H groups in total. The van der Waals surface area contributed by atoms with Crippen molar-refractivity contribution in [2.24, 2.45) is 0 Å². The second-order valence-electron chi connectivity index (χ2n) is 6.96. The molecule has 0 fully saturated rings. The van der Waals surface area contributed by atoms with Crippen molar-refractivity contribution in [3.63, 3.8) is 0 Å². The number of fused-ring (bicyclic) bond motifs is 1. The lowest BCUT2D eigenvalue weighted by Gasteiger charge is -2.08. The Kier molecular flexibility index (Phi) is 5.06. The highest BCUT2D eigenvalue weighted by molar-refractivity contribution is 5.92. The number of rotatable bonds is 6. The van der Waals surface area contributed by atoms with Gasteiger partial charge in [0.15, 0.2) is 0 Å². The van der Waals surface area contributed by atoms with Gasteiger partial charge < -0.3 is 4.57 Å². The number of hydrogen-bond donors (Lipinski definition) is 0. The molecule has 0 aliphatic heterocycles. The molecule has 0 aliphatic rings. The lowest BCUT2D eigenvalue weighted by atomic mass is 10.1. The van der Waals surface area contributed by atoms with Crippen molar-refractivity contribution in [3.8, 4) is 11.1 Å². The minimum absolute atomic E-state index is 0.0391. The standard InChI is InChI=1S/C23H22FN3O/c1-2-3-13-26-16-25-21-20(18-7-5-4-6-8-18)15-27(22(21)23(26)28)14-17-9-11-19(24)12-10-17/h4-12,15-16H,2-3,13-14H2,1H3. The average molecular weight is 375 g/mol. The Morgan fingerprint density at radius 1 is 1.00 bits per heavy atom. The molecule has 28 heavy (non-hydrogen) atoms. The maximum Gasteiger partial charge on any atom is 0.277 e. The van der Waals surface area contributed by atoms with Gasteiger partial charge in [0.2, 0.25) is 0 Å². The van der Waals surface area contributed by atoms with Gasteiger partial charge in [-0.3, -0.25) is 9.36 Å². The summed E-state index contributed by atoms with van der Waals surface area (Å²) in [6, 6.07) is 16.3. The van der Waals surface area contributed by atoms with Gasteiger partial charge in [0, 0.05) is 24.8 Å². The number of aromatic nitrogens is 3. The van der Waals surface area contributed by atoms with E-state index < -0.39 is 0 Å². The molecule has 4 nitrogen and oxygen atoms in total. The van der Waals surface area contributed by atoms with E-state index in [9.17, 15) is 9.18 Å².